The number of amides is 1. The van der Waals surface area contributed by atoms with Gasteiger partial charge in [0.15, 0.2) is 11.5 Å². The Hall–Kier alpha value is -0.980. The Bertz CT molecular complexity index is 421. The molecular formula is C13H18INO3. The van der Waals surface area contributed by atoms with Crippen LogP contribution in [0.15, 0.2) is 12.1 Å². The molecule has 0 fully saturated rings. The van der Waals surface area contributed by atoms with E-state index in [1.165, 1.54) is 0 Å². The zero-order chi connectivity index (χ0) is 13.5. The summed E-state index contributed by atoms with van der Waals surface area (Å²) in [6.07, 6.45) is 0.928. The van der Waals surface area contributed by atoms with Gasteiger partial charge in [-0.25, -0.2) is 0 Å². The summed E-state index contributed by atoms with van der Waals surface area (Å²) in [5, 5.41) is 2.76. The molecule has 0 atom stereocenters. The number of benzene rings is 1. The van der Waals surface area contributed by atoms with Gasteiger partial charge in [0.2, 0.25) is 0 Å². The number of ether oxygens (including phenoxy) is 2. The van der Waals surface area contributed by atoms with Crippen molar-refractivity contribution >= 4 is 28.5 Å². The highest BCUT2D eigenvalue weighted by atomic mass is 127. The molecule has 0 spiro atoms. The molecule has 1 rings (SSSR count). The number of hydrogen-bond donors (Lipinski definition) is 1. The summed E-state index contributed by atoms with van der Waals surface area (Å²) < 4.78 is 11.8. The van der Waals surface area contributed by atoms with E-state index in [1.807, 2.05) is 13.8 Å². The standard InChI is InChI=1S/C13H18INO3/c1-4-6-18-12-10(14)7-9(8-11(12)17-3)13(16)15-5-2/h7-8H,4-6H2,1-3H3,(H,15,16). The van der Waals surface area contributed by atoms with E-state index >= 15 is 0 Å². The fourth-order valence-electron chi connectivity index (χ4n) is 1.46. The van der Waals surface area contributed by atoms with Crippen LogP contribution in [0.4, 0.5) is 0 Å². The molecule has 0 saturated carbocycles. The van der Waals surface area contributed by atoms with Crippen molar-refractivity contribution in [1.29, 1.82) is 0 Å². The molecule has 1 aromatic rings. The topological polar surface area (TPSA) is 47.6 Å². The summed E-state index contributed by atoms with van der Waals surface area (Å²) in [6, 6.07) is 3.51. The van der Waals surface area contributed by atoms with Crippen molar-refractivity contribution in [1.82, 2.24) is 5.32 Å². The molecule has 0 aromatic heterocycles. The van der Waals surface area contributed by atoms with Crippen LogP contribution in [0.1, 0.15) is 30.6 Å². The number of hydrogen-bond acceptors (Lipinski definition) is 3. The van der Waals surface area contributed by atoms with E-state index in [-0.39, 0.29) is 5.91 Å². The Balaban J connectivity index is 3.06. The highest BCUT2D eigenvalue weighted by Crippen LogP contribution is 2.34. The van der Waals surface area contributed by atoms with E-state index in [4.69, 9.17) is 9.47 Å². The van der Waals surface area contributed by atoms with Crippen LogP contribution >= 0.6 is 22.6 Å². The number of nitrogens with one attached hydrogen (secondary N) is 1. The van der Waals surface area contributed by atoms with Gasteiger partial charge < -0.3 is 14.8 Å². The Morgan fingerprint density at radius 1 is 1.39 bits per heavy atom. The van der Waals surface area contributed by atoms with Crippen molar-refractivity contribution in [2.45, 2.75) is 20.3 Å². The first-order valence-electron chi connectivity index (χ1n) is 5.92. The minimum atomic E-state index is -0.101. The number of methoxy groups -OCH3 is 1. The molecule has 1 N–H and O–H groups in total. The molecule has 1 amide bonds. The van der Waals surface area contributed by atoms with Gasteiger partial charge in [0.25, 0.3) is 5.91 Å². The molecule has 100 valence electrons. The molecule has 4 nitrogen and oxygen atoms in total. The smallest absolute Gasteiger partial charge is 0.251 e. The van der Waals surface area contributed by atoms with E-state index in [1.54, 1.807) is 19.2 Å². The molecule has 0 unspecified atom stereocenters. The van der Waals surface area contributed by atoms with Crippen molar-refractivity contribution in [3.63, 3.8) is 0 Å². The van der Waals surface area contributed by atoms with Crippen molar-refractivity contribution in [3.8, 4) is 11.5 Å². The lowest BCUT2D eigenvalue weighted by Gasteiger charge is -2.13. The van der Waals surface area contributed by atoms with E-state index < -0.39 is 0 Å². The Morgan fingerprint density at radius 3 is 2.67 bits per heavy atom. The third-order valence-electron chi connectivity index (χ3n) is 2.28. The number of carbonyl (C=O) groups excluding carboxylic acids is 1. The average molecular weight is 363 g/mol. The van der Waals surface area contributed by atoms with Gasteiger partial charge in [-0.3, -0.25) is 4.79 Å². The normalized spacial score (nSPS) is 10.0. The van der Waals surface area contributed by atoms with Crippen LogP contribution < -0.4 is 14.8 Å². The first-order chi connectivity index (χ1) is 8.63. The van der Waals surface area contributed by atoms with Crippen LogP contribution in [-0.4, -0.2) is 26.2 Å². The molecule has 18 heavy (non-hydrogen) atoms. The Kier molecular flexibility index (Phi) is 6.24. The third-order valence-corrected chi connectivity index (χ3v) is 3.08. The van der Waals surface area contributed by atoms with Crippen LogP contribution in [0.25, 0.3) is 0 Å². The predicted octanol–water partition coefficient (Wildman–Crippen LogP) is 2.84. The van der Waals surface area contributed by atoms with Gasteiger partial charge >= 0.3 is 0 Å². The Morgan fingerprint density at radius 2 is 2.11 bits per heavy atom. The summed E-state index contributed by atoms with van der Waals surface area (Å²) in [6.45, 7) is 5.17. The van der Waals surface area contributed by atoms with E-state index in [0.717, 1.165) is 9.99 Å². The van der Waals surface area contributed by atoms with E-state index in [2.05, 4.69) is 27.9 Å². The van der Waals surface area contributed by atoms with Crippen LogP contribution in [0.2, 0.25) is 0 Å². The second-order valence-corrected chi connectivity index (χ2v) is 4.86. The number of rotatable bonds is 6. The number of halogens is 1. The summed E-state index contributed by atoms with van der Waals surface area (Å²) in [5.74, 6) is 1.19. The van der Waals surface area contributed by atoms with Crippen LogP contribution in [0.3, 0.4) is 0 Å². The SMILES string of the molecule is CCCOc1c(I)cc(C(=O)NCC)cc1OC. The van der Waals surface area contributed by atoms with Gasteiger partial charge in [-0.15, -0.1) is 0 Å². The molecule has 0 aliphatic heterocycles. The molecule has 0 heterocycles. The molecule has 5 heteroatoms. The van der Waals surface area contributed by atoms with Gasteiger partial charge in [0, 0.05) is 12.1 Å². The van der Waals surface area contributed by atoms with E-state index in [9.17, 15) is 4.79 Å². The second kappa shape index (κ2) is 7.45. The molecule has 0 bridgehead atoms. The first kappa shape index (κ1) is 15.1. The molecule has 0 aliphatic rings. The highest BCUT2D eigenvalue weighted by molar-refractivity contribution is 14.1. The van der Waals surface area contributed by atoms with Crippen molar-refractivity contribution in [2.24, 2.45) is 0 Å². The number of carbonyl (C=O) groups is 1. The summed E-state index contributed by atoms with van der Waals surface area (Å²) >= 11 is 2.15. The molecule has 0 aliphatic carbocycles. The van der Waals surface area contributed by atoms with E-state index in [0.29, 0.717) is 30.2 Å². The molecule has 1 aromatic carbocycles. The molecule has 0 saturated heterocycles. The van der Waals surface area contributed by atoms with Gasteiger partial charge in [-0.1, -0.05) is 6.92 Å². The Labute approximate surface area is 121 Å². The summed E-state index contributed by atoms with van der Waals surface area (Å²) in [7, 11) is 1.58. The lowest BCUT2D eigenvalue weighted by molar-refractivity contribution is 0.0955. The first-order valence-corrected chi connectivity index (χ1v) is 7.00. The lowest BCUT2D eigenvalue weighted by atomic mass is 10.2. The van der Waals surface area contributed by atoms with Gasteiger partial charge in [-0.05, 0) is 48.1 Å². The van der Waals surface area contributed by atoms with Gasteiger partial charge in [0.05, 0.1) is 17.3 Å². The largest absolute Gasteiger partial charge is 0.493 e. The summed E-state index contributed by atoms with van der Waals surface area (Å²) in [4.78, 5) is 11.8. The zero-order valence-electron chi connectivity index (χ0n) is 10.9. The quantitative estimate of drug-likeness (QED) is 0.791. The lowest BCUT2D eigenvalue weighted by Crippen LogP contribution is -2.22. The minimum absolute atomic E-state index is 0.101. The summed E-state index contributed by atoms with van der Waals surface area (Å²) in [5.41, 5.74) is 0.585. The molecule has 0 radical (unpaired) electrons. The van der Waals surface area contributed by atoms with Gasteiger partial charge in [-0.2, -0.15) is 0 Å². The monoisotopic (exact) mass is 363 g/mol. The third kappa shape index (κ3) is 3.76. The van der Waals surface area contributed by atoms with Crippen LogP contribution in [0, 0.1) is 3.57 Å². The maximum atomic E-state index is 11.8. The minimum Gasteiger partial charge on any atom is -0.493 e. The maximum absolute atomic E-state index is 11.8. The van der Waals surface area contributed by atoms with Crippen LogP contribution in [-0.2, 0) is 0 Å². The fourth-order valence-corrected chi connectivity index (χ4v) is 2.21. The van der Waals surface area contributed by atoms with Crippen LogP contribution in [0.5, 0.6) is 11.5 Å². The van der Waals surface area contributed by atoms with Crippen molar-refractivity contribution in [3.05, 3.63) is 21.3 Å². The van der Waals surface area contributed by atoms with Crippen molar-refractivity contribution in [2.75, 3.05) is 20.3 Å². The fraction of sp³-hybridized carbons (Fsp3) is 0.462. The average Bonchev–Trinajstić information content (AvgIpc) is 2.36. The zero-order valence-corrected chi connectivity index (χ0v) is 13.0. The maximum Gasteiger partial charge on any atom is 0.251 e. The highest BCUT2D eigenvalue weighted by Gasteiger charge is 2.14. The predicted molar refractivity (Wildman–Crippen MR) is 79.5 cm³/mol. The molecular weight excluding hydrogens is 345 g/mol. The second-order valence-electron chi connectivity index (χ2n) is 3.70. The van der Waals surface area contributed by atoms with Crippen molar-refractivity contribution < 1.29 is 14.3 Å². The van der Waals surface area contributed by atoms with Gasteiger partial charge in [0.1, 0.15) is 0 Å².